The van der Waals surface area contributed by atoms with E-state index in [0.717, 1.165) is 4.90 Å². The molecule has 1 N–H and O–H groups in total. The summed E-state index contributed by atoms with van der Waals surface area (Å²) in [7, 11) is 0. The third-order valence-corrected chi connectivity index (χ3v) is 4.25. The standard InChI is InChI=1S/C15H12ClNO4/c16-11-7-8(15(20)21)5-6-12(11)17-13(18)9-3-1-2-4-10(9)14(17)19/h1-2,5-7,9-10H,3-4H2,(H,20,21)/t9-,10+. The van der Waals surface area contributed by atoms with E-state index in [1.54, 1.807) is 0 Å². The van der Waals surface area contributed by atoms with E-state index in [9.17, 15) is 14.4 Å². The number of hydrogen-bond acceptors (Lipinski definition) is 3. The molecule has 0 saturated carbocycles. The Bertz CT molecular complexity index is 656. The van der Waals surface area contributed by atoms with E-state index < -0.39 is 5.97 Å². The molecule has 3 rings (SSSR count). The van der Waals surface area contributed by atoms with Crippen molar-refractivity contribution in [2.45, 2.75) is 12.8 Å². The molecular weight excluding hydrogens is 294 g/mol. The maximum Gasteiger partial charge on any atom is 0.335 e. The number of fused-ring (bicyclic) bond motifs is 1. The summed E-state index contributed by atoms with van der Waals surface area (Å²) < 4.78 is 0. The normalized spacial score (nSPS) is 24.3. The zero-order chi connectivity index (χ0) is 15.1. The number of halogens is 1. The quantitative estimate of drug-likeness (QED) is 0.673. The molecule has 0 radical (unpaired) electrons. The summed E-state index contributed by atoms with van der Waals surface area (Å²) in [6.45, 7) is 0. The highest BCUT2D eigenvalue weighted by Gasteiger charge is 2.48. The van der Waals surface area contributed by atoms with Gasteiger partial charge in [0.05, 0.1) is 28.1 Å². The SMILES string of the molecule is O=C(O)c1ccc(N2C(=O)[C@H]3CC=CC[C@H]3C2=O)c(Cl)c1. The summed E-state index contributed by atoms with van der Waals surface area (Å²) >= 11 is 6.06. The van der Waals surface area contributed by atoms with Gasteiger partial charge in [0.15, 0.2) is 0 Å². The smallest absolute Gasteiger partial charge is 0.335 e. The summed E-state index contributed by atoms with van der Waals surface area (Å²) in [4.78, 5) is 36.8. The van der Waals surface area contributed by atoms with Gasteiger partial charge >= 0.3 is 5.97 Å². The Labute approximate surface area is 125 Å². The number of imide groups is 1. The number of carboxylic acids is 1. The lowest BCUT2D eigenvalue weighted by atomic mass is 9.85. The van der Waals surface area contributed by atoms with Gasteiger partial charge in [-0.3, -0.25) is 9.59 Å². The van der Waals surface area contributed by atoms with Crippen LogP contribution in [0.2, 0.25) is 5.02 Å². The minimum Gasteiger partial charge on any atom is -0.478 e. The summed E-state index contributed by atoms with van der Waals surface area (Å²) in [6.07, 6.45) is 4.92. The molecule has 0 unspecified atom stereocenters. The molecule has 1 aromatic carbocycles. The molecule has 2 amide bonds. The minimum absolute atomic E-state index is 0.0157. The number of carboxylic acid groups (broad SMARTS) is 1. The molecule has 2 atom stereocenters. The number of hydrogen-bond donors (Lipinski definition) is 1. The first-order valence-corrected chi connectivity index (χ1v) is 6.94. The Hall–Kier alpha value is -2.14. The van der Waals surface area contributed by atoms with Crippen LogP contribution in [0.25, 0.3) is 0 Å². The molecule has 1 aliphatic carbocycles. The number of carbonyl (C=O) groups excluding carboxylic acids is 2. The van der Waals surface area contributed by atoms with Gasteiger partial charge in [-0.25, -0.2) is 9.69 Å². The molecule has 108 valence electrons. The summed E-state index contributed by atoms with van der Waals surface area (Å²) in [6, 6.07) is 4.00. The minimum atomic E-state index is -1.11. The van der Waals surface area contributed by atoms with Gasteiger partial charge in [0.1, 0.15) is 0 Å². The molecule has 5 nitrogen and oxygen atoms in total. The van der Waals surface area contributed by atoms with Crippen LogP contribution in [0.5, 0.6) is 0 Å². The molecule has 1 heterocycles. The number of rotatable bonds is 2. The monoisotopic (exact) mass is 305 g/mol. The molecule has 6 heteroatoms. The lowest BCUT2D eigenvalue weighted by Crippen LogP contribution is -2.31. The number of nitrogens with zero attached hydrogens (tertiary/aromatic N) is 1. The number of allylic oxidation sites excluding steroid dienone is 2. The molecule has 1 aromatic rings. The van der Waals surface area contributed by atoms with Crippen LogP contribution in [0.1, 0.15) is 23.2 Å². The largest absolute Gasteiger partial charge is 0.478 e. The van der Waals surface area contributed by atoms with E-state index in [2.05, 4.69) is 0 Å². The second kappa shape index (κ2) is 5.00. The van der Waals surface area contributed by atoms with Crippen LogP contribution in [0, 0.1) is 11.8 Å². The van der Waals surface area contributed by atoms with Crippen molar-refractivity contribution in [3.8, 4) is 0 Å². The van der Waals surface area contributed by atoms with E-state index >= 15 is 0 Å². The highest BCUT2D eigenvalue weighted by atomic mass is 35.5. The zero-order valence-electron chi connectivity index (χ0n) is 11.0. The van der Waals surface area contributed by atoms with Gasteiger partial charge in [-0.05, 0) is 31.0 Å². The summed E-state index contributed by atoms with van der Waals surface area (Å²) in [5.41, 5.74) is 0.271. The van der Waals surface area contributed by atoms with Crippen LogP contribution >= 0.6 is 11.6 Å². The van der Waals surface area contributed by atoms with Crippen LogP contribution in [0.3, 0.4) is 0 Å². The number of carbonyl (C=O) groups is 3. The van der Waals surface area contributed by atoms with Crippen molar-refractivity contribution < 1.29 is 19.5 Å². The number of benzene rings is 1. The van der Waals surface area contributed by atoms with E-state index in [4.69, 9.17) is 16.7 Å². The lowest BCUT2D eigenvalue weighted by molar-refractivity contribution is -0.122. The highest BCUT2D eigenvalue weighted by Crippen LogP contribution is 2.40. The van der Waals surface area contributed by atoms with Gasteiger partial charge in [0.2, 0.25) is 11.8 Å². The Morgan fingerprint density at radius 3 is 2.19 bits per heavy atom. The van der Waals surface area contributed by atoms with E-state index in [0.29, 0.717) is 12.8 Å². The molecule has 21 heavy (non-hydrogen) atoms. The maximum atomic E-state index is 12.4. The Morgan fingerprint density at radius 2 is 1.71 bits per heavy atom. The van der Waals surface area contributed by atoms with Gasteiger partial charge < -0.3 is 5.11 Å². The van der Waals surface area contributed by atoms with Crippen LogP contribution in [0.4, 0.5) is 5.69 Å². The first-order chi connectivity index (χ1) is 10.0. The predicted molar refractivity (Wildman–Crippen MR) is 76.3 cm³/mol. The van der Waals surface area contributed by atoms with Gasteiger partial charge in [-0.2, -0.15) is 0 Å². The van der Waals surface area contributed by atoms with Gasteiger partial charge in [0.25, 0.3) is 0 Å². The van der Waals surface area contributed by atoms with Crippen molar-refractivity contribution in [3.63, 3.8) is 0 Å². The highest BCUT2D eigenvalue weighted by molar-refractivity contribution is 6.36. The van der Waals surface area contributed by atoms with E-state index in [1.165, 1.54) is 18.2 Å². The lowest BCUT2D eigenvalue weighted by Gasteiger charge is -2.16. The molecular formula is C15H12ClNO4. The van der Waals surface area contributed by atoms with Gasteiger partial charge in [-0.1, -0.05) is 23.8 Å². The summed E-state index contributed by atoms with van der Waals surface area (Å²) in [5.74, 6) is -2.31. The molecule has 0 aromatic heterocycles. The van der Waals surface area contributed by atoms with Gasteiger partial charge in [0, 0.05) is 0 Å². The van der Waals surface area contributed by atoms with E-state index in [-0.39, 0.29) is 39.9 Å². The second-order valence-electron chi connectivity index (χ2n) is 5.14. The third-order valence-electron chi connectivity index (χ3n) is 3.94. The van der Waals surface area contributed by atoms with E-state index in [1.807, 2.05) is 12.2 Å². The van der Waals surface area contributed by atoms with Crippen LogP contribution < -0.4 is 4.90 Å². The van der Waals surface area contributed by atoms with Crippen LogP contribution in [0.15, 0.2) is 30.4 Å². The summed E-state index contributed by atoms with van der Waals surface area (Å²) in [5, 5.41) is 9.01. The molecule has 0 spiro atoms. The fraction of sp³-hybridized carbons (Fsp3) is 0.267. The Kier molecular flexibility index (Phi) is 3.29. The van der Waals surface area contributed by atoms with Crippen molar-refractivity contribution in [1.29, 1.82) is 0 Å². The Morgan fingerprint density at radius 1 is 1.14 bits per heavy atom. The molecule has 1 fully saturated rings. The molecule has 0 bridgehead atoms. The van der Waals surface area contributed by atoms with Crippen LogP contribution in [-0.4, -0.2) is 22.9 Å². The first kappa shape index (κ1) is 13.8. The van der Waals surface area contributed by atoms with Crippen molar-refractivity contribution in [3.05, 3.63) is 40.9 Å². The predicted octanol–water partition coefficient (Wildman–Crippen LogP) is 2.49. The van der Waals surface area contributed by atoms with Crippen molar-refractivity contribution in [1.82, 2.24) is 0 Å². The molecule has 1 saturated heterocycles. The number of aromatic carboxylic acids is 1. The zero-order valence-corrected chi connectivity index (χ0v) is 11.7. The maximum absolute atomic E-state index is 12.4. The Balaban J connectivity index is 1.99. The van der Waals surface area contributed by atoms with Crippen LogP contribution in [-0.2, 0) is 9.59 Å². The first-order valence-electron chi connectivity index (χ1n) is 6.56. The fourth-order valence-electron chi connectivity index (χ4n) is 2.86. The molecule has 1 aliphatic heterocycles. The number of amides is 2. The third kappa shape index (κ3) is 2.14. The van der Waals surface area contributed by atoms with Crippen molar-refractivity contribution in [2.75, 3.05) is 4.90 Å². The molecule has 2 aliphatic rings. The van der Waals surface area contributed by atoms with Crippen molar-refractivity contribution >= 4 is 35.1 Å². The number of anilines is 1. The van der Waals surface area contributed by atoms with Crippen molar-refractivity contribution in [2.24, 2.45) is 11.8 Å². The average molecular weight is 306 g/mol. The topological polar surface area (TPSA) is 74.7 Å². The average Bonchev–Trinajstić information content (AvgIpc) is 2.72. The fourth-order valence-corrected chi connectivity index (χ4v) is 3.12. The van der Waals surface area contributed by atoms with Gasteiger partial charge in [-0.15, -0.1) is 0 Å². The second-order valence-corrected chi connectivity index (χ2v) is 5.55.